The van der Waals surface area contributed by atoms with E-state index in [0.717, 1.165) is 23.5 Å². The Balaban J connectivity index is 1.80. The number of carbonyl (C=O) groups is 2. The molecule has 2 N–H and O–H groups in total. The van der Waals surface area contributed by atoms with Crippen LogP contribution in [0, 0.1) is 0 Å². The first-order valence-corrected chi connectivity index (χ1v) is 7.53. The molecule has 2 rings (SSSR count). The van der Waals surface area contributed by atoms with Crippen LogP contribution in [0.3, 0.4) is 0 Å². The summed E-state index contributed by atoms with van der Waals surface area (Å²) in [5, 5.41) is 5.55. The number of amides is 1. The summed E-state index contributed by atoms with van der Waals surface area (Å²) < 4.78 is 10.6. The fraction of sp³-hybridized carbons (Fsp3) is 0.500. The van der Waals surface area contributed by atoms with Crippen molar-refractivity contribution in [3.63, 3.8) is 0 Å². The van der Waals surface area contributed by atoms with Gasteiger partial charge in [0, 0.05) is 6.54 Å². The normalized spacial score (nSPS) is 13.7. The van der Waals surface area contributed by atoms with Gasteiger partial charge in [0.15, 0.2) is 11.5 Å². The molecule has 1 atom stereocenters. The zero-order valence-corrected chi connectivity index (χ0v) is 13.0. The summed E-state index contributed by atoms with van der Waals surface area (Å²) in [4.78, 5) is 23.8. The van der Waals surface area contributed by atoms with Crippen LogP contribution in [0.15, 0.2) is 18.2 Å². The Morgan fingerprint density at radius 2 is 2.05 bits per heavy atom. The second-order valence-corrected chi connectivity index (χ2v) is 5.19. The maximum absolute atomic E-state index is 11.9. The topological polar surface area (TPSA) is 76.7 Å². The molecule has 0 spiro atoms. The van der Waals surface area contributed by atoms with E-state index in [4.69, 9.17) is 9.47 Å². The minimum atomic E-state index is -0.534. The minimum absolute atomic E-state index is 0.243. The lowest BCUT2D eigenvalue weighted by atomic mass is 10.1. The summed E-state index contributed by atoms with van der Waals surface area (Å²) in [7, 11) is 1.69. The molecule has 0 bridgehead atoms. The first-order valence-electron chi connectivity index (χ1n) is 7.53. The molecule has 1 aromatic carbocycles. The molecule has 1 aromatic rings. The number of hydrogen-bond donors (Lipinski definition) is 2. The minimum Gasteiger partial charge on any atom is -0.454 e. The molecule has 1 unspecified atom stereocenters. The average Bonchev–Trinajstić information content (AvgIpc) is 2.99. The van der Waals surface area contributed by atoms with Gasteiger partial charge in [-0.1, -0.05) is 19.4 Å². The molecule has 0 saturated carbocycles. The molecule has 6 nitrogen and oxygen atoms in total. The second kappa shape index (κ2) is 7.79. The van der Waals surface area contributed by atoms with Gasteiger partial charge in [-0.25, -0.2) is 0 Å². The number of fused-ring (bicyclic) bond motifs is 1. The molecule has 0 aliphatic carbocycles. The van der Waals surface area contributed by atoms with Crippen molar-refractivity contribution in [3.05, 3.63) is 23.8 Å². The van der Waals surface area contributed by atoms with E-state index in [1.165, 1.54) is 0 Å². The van der Waals surface area contributed by atoms with Gasteiger partial charge in [-0.3, -0.25) is 9.59 Å². The predicted molar refractivity (Wildman–Crippen MR) is 82.0 cm³/mol. The Labute approximate surface area is 130 Å². The molecule has 1 aliphatic rings. The molecule has 0 radical (unpaired) electrons. The van der Waals surface area contributed by atoms with Gasteiger partial charge >= 0.3 is 0 Å². The van der Waals surface area contributed by atoms with Gasteiger partial charge in [-0.15, -0.1) is 0 Å². The van der Waals surface area contributed by atoms with Crippen LogP contribution in [0.2, 0.25) is 0 Å². The summed E-state index contributed by atoms with van der Waals surface area (Å²) in [6.07, 6.45) is 2.14. The van der Waals surface area contributed by atoms with E-state index in [9.17, 15) is 9.59 Å². The number of ether oxygens (including phenoxy) is 2. The van der Waals surface area contributed by atoms with Crippen molar-refractivity contribution < 1.29 is 19.1 Å². The van der Waals surface area contributed by atoms with Crippen LogP contribution in [0.4, 0.5) is 0 Å². The number of carbonyl (C=O) groups excluding carboxylic acids is 2. The van der Waals surface area contributed by atoms with Crippen LogP contribution in [-0.2, 0) is 16.0 Å². The second-order valence-electron chi connectivity index (χ2n) is 5.19. The number of rotatable bonds is 8. The van der Waals surface area contributed by atoms with Gasteiger partial charge < -0.3 is 20.1 Å². The smallest absolute Gasteiger partial charge is 0.289 e. The number of hydrogen-bond acceptors (Lipinski definition) is 5. The molecule has 22 heavy (non-hydrogen) atoms. The van der Waals surface area contributed by atoms with Gasteiger partial charge in [-0.05, 0) is 37.6 Å². The maximum Gasteiger partial charge on any atom is 0.289 e. The lowest BCUT2D eigenvalue weighted by Gasteiger charge is -2.13. The van der Waals surface area contributed by atoms with Gasteiger partial charge in [0.05, 0.1) is 6.04 Å². The highest BCUT2D eigenvalue weighted by Crippen LogP contribution is 2.32. The highest BCUT2D eigenvalue weighted by molar-refractivity contribution is 6.38. The van der Waals surface area contributed by atoms with Crippen molar-refractivity contribution in [2.45, 2.75) is 32.2 Å². The van der Waals surface area contributed by atoms with Crippen LogP contribution >= 0.6 is 0 Å². The number of ketones is 1. The molecule has 1 amide bonds. The van der Waals surface area contributed by atoms with Crippen molar-refractivity contribution in [2.75, 3.05) is 20.4 Å². The quantitative estimate of drug-likeness (QED) is 0.702. The Morgan fingerprint density at radius 1 is 1.27 bits per heavy atom. The van der Waals surface area contributed by atoms with Crippen LogP contribution in [0.5, 0.6) is 11.5 Å². The van der Waals surface area contributed by atoms with E-state index in [1.54, 1.807) is 7.05 Å². The number of likely N-dealkylation sites (N-methyl/N-ethyl adjacent to an activating group) is 1. The standard InChI is InChI=1S/C16H22N2O4/c1-3-4-12(17-2)15(19)16(20)18-8-7-11-5-6-13-14(9-11)22-10-21-13/h5-6,9,12,17H,3-4,7-8,10H2,1-2H3,(H,18,20). The van der Waals surface area contributed by atoms with Crippen molar-refractivity contribution >= 4 is 11.7 Å². The molecule has 0 aromatic heterocycles. The third-order valence-electron chi connectivity index (χ3n) is 3.60. The summed E-state index contributed by atoms with van der Waals surface area (Å²) in [6, 6.07) is 5.26. The fourth-order valence-electron chi connectivity index (χ4n) is 2.36. The van der Waals surface area contributed by atoms with Crippen LogP contribution in [0.25, 0.3) is 0 Å². The van der Waals surface area contributed by atoms with Gasteiger partial charge in [0.25, 0.3) is 5.91 Å². The number of benzene rings is 1. The lowest BCUT2D eigenvalue weighted by molar-refractivity contribution is -0.139. The van der Waals surface area contributed by atoms with Crippen molar-refractivity contribution in [1.82, 2.24) is 10.6 Å². The van der Waals surface area contributed by atoms with Crippen molar-refractivity contribution in [3.8, 4) is 11.5 Å². The highest BCUT2D eigenvalue weighted by atomic mass is 16.7. The highest BCUT2D eigenvalue weighted by Gasteiger charge is 2.22. The van der Waals surface area contributed by atoms with E-state index in [1.807, 2.05) is 25.1 Å². The molecule has 0 fully saturated rings. The third-order valence-corrected chi connectivity index (χ3v) is 3.60. The Kier molecular flexibility index (Phi) is 5.77. The van der Waals surface area contributed by atoms with Crippen molar-refractivity contribution in [2.24, 2.45) is 0 Å². The van der Waals surface area contributed by atoms with Crippen molar-refractivity contribution in [1.29, 1.82) is 0 Å². The van der Waals surface area contributed by atoms with Crippen LogP contribution in [-0.4, -0.2) is 38.1 Å². The Bertz CT molecular complexity index is 545. The molecule has 0 saturated heterocycles. The molecule has 1 heterocycles. The summed E-state index contributed by atoms with van der Waals surface area (Å²) >= 11 is 0. The van der Waals surface area contributed by atoms with E-state index in [0.29, 0.717) is 19.4 Å². The SMILES string of the molecule is CCCC(NC)C(=O)C(=O)NCCc1ccc2c(c1)OCO2. The monoisotopic (exact) mass is 306 g/mol. The molecular formula is C16H22N2O4. The fourth-order valence-corrected chi connectivity index (χ4v) is 2.36. The summed E-state index contributed by atoms with van der Waals surface area (Å²) in [5.74, 6) is 0.515. The van der Waals surface area contributed by atoms with E-state index in [2.05, 4.69) is 10.6 Å². The molecule has 120 valence electrons. The predicted octanol–water partition coefficient (Wildman–Crippen LogP) is 1.03. The molecule has 6 heteroatoms. The first-order chi connectivity index (χ1) is 10.7. The van der Waals surface area contributed by atoms with Gasteiger partial charge in [-0.2, -0.15) is 0 Å². The maximum atomic E-state index is 11.9. The third kappa shape index (κ3) is 3.98. The van der Waals surface area contributed by atoms with Crippen LogP contribution < -0.4 is 20.1 Å². The summed E-state index contributed by atoms with van der Waals surface area (Å²) in [6.45, 7) is 2.63. The van der Waals surface area contributed by atoms with E-state index in [-0.39, 0.29) is 6.79 Å². The Morgan fingerprint density at radius 3 is 2.77 bits per heavy atom. The van der Waals surface area contributed by atoms with E-state index >= 15 is 0 Å². The summed E-state index contributed by atoms with van der Waals surface area (Å²) in [5.41, 5.74) is 1.02. The lowest BCUT2D eigenvalue weighted by Crippen LogP contribution is -2.44. The zero-order chi connectivity index (χ0) is 15.9. The van der Waals surface area contributed by atoms with Gasteiger partial charge in [0.1, 0.15) is 0 Å². The zero-order valence-electron chi connectivity index (χ0n) is 13.0. The largest absolute Gasteiger partial charge is 0.454 e. The molecular weight excluding hydrogens is 284 g/mol. The van der Waals surface area contributed by atoms with Gasteiger partial charge in [0.2, 0.25) is 12.6 Å². The first kappa shape index (κ1) is 16.3. The number of Topliss-reactive ketones (excluding diaryl/α,β-unsaturated/α-hetero) is 1. The molecule has 1 aliphatic heterocycles. The van der Waals surface area contributed by atoms with E-state index < -0.39 is 17.7 Å². The average molecular weight is 306 g/mol. The number of nitrogens with one attached hydrogen (secondary N) is 2. The van der Waals surface area contributed by atoms with Crippen LogP contribution in [0.1, 0.15) is 25.3 Å². The Hall–Kier alpha value is -2.08.